The van der Waals surface area contributed by atoms with Crippen LogP contribution in [-0.2, 0) is 0 Å². The number of nitrogens with zero attached hydrogens (tertiary/aromatic N) is 1. The Labute approximate surface area is 125 Å². The quantitative estimate of drug-likeness (QED) is 0.940. The van der Waals surface area contributed by atoms with Crippen molar-refractivity contribution in [1.82, 2.24) is 10.3 Å². The molecule has 4 heteroatoms. The standard InChI is InChI=1S/C17H20N2O2/c1-11-6-7-19-10-14(11)17-9-15(18-2)13-8-12(20-3)4-5-16(13)21-17/h4-8,10,15,17-18H,9H2,1-3H3. The first-order chi connectivity index (χ1) is 10.2. The van der Waals surface area contributed by atoms with Gasteiger partial charge in [-0.1, -0.05) is 0 Å². The van der Waals surface area contributed by atoms with Crippen molar-refractivity contribution < 1.29 is 9.47 Å². The average Bonchev–Trinajstić information content (AvgIpc) is 2.53. The van der Waals surface area contributed by atoms with Crippen LogP contribution >= 0.6 is 0 Å². The minimum atomic E-state index is 0.0250. The number of aromatic nitrogens is 1. The molecule has 2 aromatic rings. The van der Waals surface area contributed by atoms with E-state index in [-0.39, 0.29) is 12.1 Å². The van der Waals surface area contributed by atoms with Gasteiger partial charge in [-0.25, -0.2) is 0 Å². The van der Waals surface area contributed by atoms with Gasteiger partial charge >= 0.3 is 0 Å². The van der Waals surface area contributed by atoms with Crippen molar-refractivity contribution in [3.63, 3.8) is 0 Å². The number of aryl methyl sites for hydroxylation is 1. The van der Waals surface area contributed by atoms with Crippen molar-refractivity contribution in [2.45, 2.75) is 25.5 Å². The van der Waals surface area contributed by atoms with E-state index in [2.05, 4.69) is 17.2 Å². The van der Waals surface area contributed by atoms with Crippen LogP contribution in [0.2, 0.25) is 0 Å². The maximum absolute atomic E-state index is 6.19. The topological polar surface area (TPSA) is 43.4 Å². The smallest absolute Gasteiger partial charge is 0.127 e. The molecule has 3 rings (SSSR count). The highest BCUT2D eigenvalue weighted by Gasteiger charge is 2.29. The van der Waals surface area contributed by atoms with E-state index in [9.17, 15) is 0 Å². The van der Waals surface area contributed by atoms with E-state index in [4.69, 9.17) is 9.47 Å². The van der Waals surface area contributed by atoms with Crippen LogP contribution in [-0.4, -0.2) is 19.1 Å². The number of ether oxygens (including phenoxy) is 2. The van der Waals surface area contributed by atoms with Crippen molar-refractivity contribution in [2.24, 2.45) is 0 Å². The lowest BCUT2D eigenvalue weighted by molar-refractivity contribution is 0.152. The lowest BCUT2D eigenvalue weighted by atomic mass is 9.92. The highest BCUT2D eigenvalue weighted by molar-refractivity contribution is 5.44. The van der Waals surface area contributed by atoms with E-state index in [0.29, 0.717) is 0 Å². The molecule has 21 heavy (non-hydrogen) atoms. The maximum Gasteiger partial charge on any atom is 0.127 e. The zero-order valence-corrected chi connectivity index (χ0v) is 12.6. The normalized spacial score (nSPS) is 20.5. The molecule has 1 aliphatic heterocycles. The van der Waals surface area contributed by atoms with Crippen LogP contribution in [0.4, 0.5) is 0 Å². The summed E-state index contributed by atoms with van der Waals surface area (Å²) in [7, 11) is 3.66. The number of hydrogen-bond acceptors (Lipinski definition) is 4. The highest BCUT2D eigenvalue weighted by atomic mass is 16.5. The van der Waals surface area contributed by atoms with Gasteiger partial charge in [0, 0.05) is 36.0 Å². The van der Waals surface area contributed by atoms with Crippen LogP contribution in [0.1, 0.15) is 35.3 Å². The summed E-state index contributed by atoms with van der Waals surface area (Å²) < 4.78 is 11.5. The number of fused-ring (bicyclic) bond motifs is 1. The minimum Gasteiger partial charge on any atom is -0.497 e. The Kier molecular flexibility index (Phi) is 3.80. The minimum absolute atomic E-state index is 0.0250. The number of methoxy groups -OCH3 is 1. The van der Waals surface area contributed by atoms with Gasteiger partial charge in [0.1, 0.15) is 17.6 Å². The molecular weight excluding hydrogens is 264 g/mol. The van der Waals surface area contributed by atoms with Gasteiger partial charge in [0.15, 0.2) is 0 Å². The Morgan fingerprint density at radius 3 is 2.86 bits per heavy atom. The summed E-state index contributed by atoms with van der Waals surface area (Å²) in [5.74, 6) is 1.77. The summed E-state index contributed by atoms with van der Waals surface area (Å²) in [4.78, 5) is 4.23. The van der Waals surface area contributed by atoms with Gasteiger partial charge in [0.25, 0.3) is 0 Å². The van der Waals surface area contributed by atoms with Crippen LogP contribution < -0.4 is 14.8 Å². The van der Waals surface area contributed by atoms with E-state index in [1.165, 1.54) is 5.56 Å². The highest BCUT2D eigenvalue weighted by Crippen LogP contribution is 2.42. The van der Waals surface area contributed by atoms with Gasteiger partial charge < -0.3 is 14.8 Å². The summed E-state index contributed by atoms with van der Waals surface area (Å²) in [5.41, 5.74) is 3.51. The lowest BCUT2D eigenvalue weighted by Crippen LogP contribution is -2.27. The van der Waals surface area contributed by atoms with Gasteiger partial charge in [0.05, 0.1) is 7.11 Å². The third-order valence-corrected chi connectivity index (χ3v) is 4.09. The Hall–Kier alpha value is -2.07. The predicted molar refractivity (Wildman–Crippen MR) is 81.8 cm³/mol. The van der Waals surface area contributed by atoms with Crippen molar-refractivity contribution in [1.29, 1.82) is 0 Å². The zero-order chi connectivity index (χ0) is 14.8. The monoisotopic (exact) mass is 284 g/mol. The number of rotatable bonds is 3. The Morgan fingerprint density at radius 2 is 2.14 bits per heavy atom. The van der Waals surface area contributed by atoms with Crippen molar-refractivity contribution in [3.05, 3.63) is 53.3 Å². The maximum atomic E-state index is 6.19. The van der Waals surface area contributed by atoms with Crippen LogP contribution in [0.25, 0.3) is 0 Å². The number of pyridine rings is 1. The van der Waals surface area contributed by atoms with E-state index in [1.807, 2.05) is 43.7 Å². The zero-order valence-electron chi connectivity index (χ0n) is 12.6. The summed E-state index contributed by atoms with van der Waals surface area (Å²) in [6.45, 7) is 2.10. The Balaban J connectivity index is 1.97. The molecule has 2 heterocycles. The molecule has 0 fully saturated rings. The number of hydrogen-bond donors (Lipinski definition) is 1. The van der Waals surface area contributed by atoms with E-state index in [1.54, 1.807) is 7.11 Å². The molecular formula is C17H20N2O2. The van der Waals surface area contributed by atoms with Crippen molar-refractivity contribution >= 4 is 0 Å². The first-order valence-electron chi connectivity index (χ1n) is 7.15. The van der Waals surface area contributed by atoms with E-state index >= 15 is 0 Å². The summed E-state index contributed by atoms with van der Waals surface area (Å²) in [6, 6.07) is 8.23. The fraction of sp³-hybridized carbons (Fsp3) is 0.353. The largest absolute Gasteiger partial charge is 0.497 e. The van der Waals surface area contributed by atoms with Gasteiger partial charge in [-0.3, -0.25) is 4.98 Å². The predicted octanol–water partition coefficient (Wildman–Crippen LogP) is 3.18. The first kappa shape index (κ1) is 13.9. The SMILES string of the molecule is CNC1CC(c2cnccc2C)Oc2ccc(OC)cc21. The molecule has 1 aromatic heterocycles. The third-order valence-electron chi connectivity index (χ3n) is 4.09. The average molecular weight is 284 g/mol. The van der Waals surface area contributed by atoms with Gasteiger partial charge in [-0.05, 0) is 43.8 Å². The van der Waals surface area contributed by atoms with Gasteiger partial charge in [-0.15, -0.1) is 0 Å². The fourth-order valence-electron chi connectivity index (χ4n) is 2.85. The molecule has 0 saturated carbocycles. The molecule has 0 amide bonds. The Morgan fingerprint density at radius 1 is 1.29 bits per heavy atom. The molecule has 110 valence electrons. The van der Waals surface area contributed by atoms with Gasteiger partial charge in [-0.2, -0.15) is 0 Å². The molecule has 1 aliphatic rings. The van der Waals surface area contributed by atoms with Crippen molar-refractivity contribution in [2.75, 3.05) is 14.2 Å². The molecule has 0 bridgehead atoms. The summed E-state index contributed by atoms with van der Waals surface area (Å²) in [5, 5.41) is 3.37. The van der Waals surface area contributed by atoms with Crippen LogP contribution in [0.5, 0.6) is 11.5 Å². The summed E-state index contributed by atoms with van der Waals surface area (Å²) in [6.07, 6.45) is 4.62. The molecule has 0 saturated heterocycles. The number of benzene rings is 1. The number of nitrogens with one attached hydrogen (secondary N) is 1. The first-order valence-corrected chi connectivity index (χ1v) is 7.15. The van der Waals surface area contributed by atoms with Crippen LogP contribution in [0, 0.1) is 6.92 Å². The van der Waals surface area contributed by atoms with Gasteiger partial charge in [0.2, 0.25) is 0 Å². The third kappa shape index (κ3) is 2.59. The Bertz CT molecular complexity index is 642. The fourth-order valence-corrected chi connectivity index (χ4v) is 2.85. The molecule has 0 spiro atoms. The second-order valence-electron chi connectivity index (χ2n) is 5.32. The molecule has 0 aliphatic carbocycles. The van der Waals surface area contributed by atoms with Crippen LogP contribution in [0.15, 0.2) is 36.7 Å². The molecule has 4 nitrogen and oxygen atoms in total. The van der Waals surface area contributed by atoms with E-state index < -0.39 is 0 Å². The second-order valence-corrected chi connectivity index (χ2v) is 5.32. The molecule has 0 radical (unpaired) electrons. The molecule has 2 unspecified atom stereocenters. The second kappa shape index (κ2) is 5.74. The van der Waals surface area contributed by atoms with E-state index in [0.717, 1.165) is 29.0 Å². The summed E-state index contributed by atoms with van der Waals surface area (Å²) >= 11 is 0. The van der Waals surface area contributed by atoms with Crippen molar-refractivity contribution in [3.8, 4) is 11.5 Å². The molecule has 2 atom stereocenters. The molecule has 1 aromatic carbocycles. The lowest BCUT2D eigenvalue weighted by Gasteiger charge is -2.33. The van der Waals surface area contributed by atoms with Crippen LogP contribution in [0.3, 0.4) is 0 Å². The molecule has 1 N–H and O–H groups in total.